The Kier molecular flexibility index (Phi) is 7.13. The largest absolute Gasteiger partial charge is 0.460 e. The number of anilines is 1. The van der Waals surface area contributed by atoms with Gasteiger partial charge in [-0.1, -0.05) is 23.9 Å². The predicted molar refractivity (Wildman–Crippen MR) is 115 cm³/mol. The van der Waals surface area contributed by atoms with Gasteiger partial charge in [0.25, 0.3) is 11.1 Å². The molecule has 0 unspecified atom stereocenters. The van der Waals surface area contributed by atoms with Gasteiger partial charge in [0, 0.05) is 18.5 Å². The topological polar surface area (TPSA) is 118 Å². The summed E-state index contributed by atoms with van der Waals surface area (Å²) in [5, 5.41) is 2.52. The van der Waals surface area contributed by atoms with Crippen LogP contribution in [0.15, 0.2) is 24.3 Å². The van der Waals surface area contributed by atoms with Crippen molar-refractivity contribution in [3.63, 3.8) is 0 Å². The van der Waals surface area contributed by atoms with Crippen LogP contribution in [0.2, 0.25) is 0 Å². The fourth-order valence-corrected chi connectivity index (χ4v) is 3.90. The van der Waals surface area contributed by atoms with Crippen LogP contribution < -0.4 is 5.32 Å². The van der Waals surface area contributed by atoms with Gasteiger partial charge < -0.3 is 19.8 Å². The second-order valence-electron chi connectivity index (χ2n) is 6.94. The zero-order valence-corrected chi connectivity index (χ0v) is 18.3. The van der Waals surface area contributed by atoms with Crippen LogP contribution in [0.25, 0.3) is 0 Å². The number of esters is 1. The number of aryl methyl sites for hydroxylation is 1. The maximum Gasteiger partial charge on any atom is 0.340 e. The van der Waals surface area contributed by atoms with Crippen LogP contribution in [0.5, 0.6) is 0 Å². The van der Waals surface area contributed by atoms with E-state index in [-0.39, 0.29) is 42.4 Å². The number of amides is 3. The lowest BCUT2D eigenvalue weighted by atomic mass is 10.1. The van der Waals surface area contributed by atoms with Crippen LogP contribution in [0, 0.1) is 13.8 Å². The number of hydrogen-bond acceptors (Lipinski definition) is 7. The van der Waals surface area contributed by atoms with Gasteiger partial charge in [-0.25, -0.2) is 4.79 Å². The first-order chi connectivity index (χ1) is 14.8. The van der Waals surface area contributed by atoms with Crippen LogP contribution >= 0.6 is 11.8 Å². The maximum atomic E-state index is 12.7. The Bertz CT molecular complexity index is 999. The fraction of sp³-hybridized carbons (Fsp3) is 0.333. The van der Waals surface area contributed by atoms with Gasteiger partial charge in [-0.2, -0.15) is 0 Å². The van der Waals surface area contributed by atoms with Gasteiger partial charge in [0.2, 0.25) is 5.91 Å². The molecule has 3 rings (SSSR count). The molecule has 9 nitrogen and oxygen atoms in total. The number of rotatable bonds is 8. The van der Waals surface area contributed by atoms with Crippen molar-refractivity contribution in [3.8, 4) is 0 Å². The summed E-state index contributed by atoms with van der Waals surface area (Å²) in [7, 11) is 1.51. The van der Waals surface area contributed by atoms with Crippen LogP contribution in [0.3, 0.4) is 0 Å². The van der Waals surface area contributed by atoms with Crippen molar-refractivity contribution >= 4 is 40.5 Å². The zero-order valence-electron chi connectivity index (χ0n) is 17.4. The van der Waals surface area contributed by atoms with Crippen molar-refractivity contribution in [1.82, 2.24) is 9.88 Å². The molecule has 3 amide bonds. The van der Waals surface area contributed by atoms with Gasteiger partial charge in [0.05, 0.1) is 24.5 Å². The molecule has 0 bridgehead atoms. The number of carbonyl (C=O) groups excluding carboxylic acids is 4. The molecule has 0 aliphatic carbocycles. The van der Waals surface area contributed by atoms with E-state index in [4.69, 9.17) is 9.47 Å². The normalized spacial score (nSPS) is 13.6. The molecule has 31 heavy (non-hydrogen) atoms. The zero-order chi connectivity index (χ0) is 22.5. The SMILES string of the molecule is COCCOC(=O)c1c(C)[nH]c(C(=O)Nc2ccc(CN3C(=O)CSC3=O)cc2)c1C. The Morgan fingerprint density at radius 3 is 2.48 bits per heavy atom. The molecule has 1 saturated heterocycles. The average molecular weight is 445 g/mol. The predicted octanol–water partition coefficient (Wildman–Crippen LogP) is 2.88. The van der Waals surface area contributed by atoms with Crippen LogP contribution in [-0.4, -0.2) is 59.0 Å². The molecule has 0 radical (unpaired) electrons. The molecular weight excluding hydrogens is 422 g/mol. The summed E-state index contributed by atoms with van der Waals surface area (Å²) >= 11 is 0.991. The Hall–Kier alpha value is -3.11. The Morgan fingerprint density at radius 1 is 1.16 bits per heavy atom. The van der Waals surface area contributed by atoms with Crippen LogP contribution in [-0.2, 0) is 20.8 Å². The molecule has 0 spiro atoms. The number of H-pyrrole nitrogens is 1. The van der Waals surface area contributed by atoms with Gasteiger partial charge >= 0.3 is 5.97 Å². The highest BCUT2D eigenvalue weighted by atomic mass is 32.2. The average Bonchev–Trinajstić information content (AvgIpc) is 3.22. The summed E-state index contributed by atoms with van der Waals surface area (Å²) in [5.74, 6) is -0.952. The van der Waals surface area contributed by atoms with E-state index >= 15 is 0 Å². The number of ether oxygens (including phenoxy) is 2. The lowest BCUT2D eigenvalue weighted by Crippen LogP contribution is -2.27. The molecule has 164 valence electrons. The molecule has 0 atom stereocenters. The van der Waals surface area contributed by atoms with Gasteiger partial charge in [-0.3, -0.25) is 19.3 Å². The van der Waals surface area contributed by atoms with E-state index < -0.39 is 11.9 Å². The van der Waals surface area contributed by atoms with E-state index in [0.29, 0.717) is 22.5 Å². The first-order valence-corrected chi connectivity index (χ1v) is 10.5. The minimum absolute atomic E-state index is 0.126. The Balaban J connectivity index is 1.66. The van der Waals surface area contributed by atoms with Gasteiger partial charge in [0.1, 0.15) is 12.3 Å². The monoisotopic (exact) mass is 445 g/mol. The highest BCUT2D eigenvalue weighted by molar-refractivity contribution is 8.14. The summed E-state index contributed by atoms with van der Waals surface area (Å²) in [4.78, 5) is 52.6. The molecule has 1 aromatic carbocycles. The van der Waals surface area contributed by atoms with E-state index in [9.17, 15) is 19.2 Å². The number of aromatic nitrogens is 1. The van der Waals surface area contributed by atoms with Crippen LogP contribution in [0.1, 0.15) is 37.7 Å². The smallest absolute Gasteiger partial charge is 0.340 e. The van der Waals surface area contributed by atoms with Gasteiger partial charge in [-0.15, -0.1) is 0 Å². The lowest BCUT2D eigenvalue weighted by Gasteiger charge is -2.13. The van der Waals surface area contributed by atoms with Crippen LogP contribution in [0.4, 0.5) is 10.5 Å². The molecule has 2 N–H and O–H groups in total. The second-order valence-corrected chi connectivity index (χ2v) is 7.87. The number of aromatic amines is 1. The number of methoxy groups -OCH3 is 1. The molecule has 1 aliphatic rings. The van der Waals surface area contributed by atoms with Crippen molar-refractivity contribution in [2.24, 2.45) is 0 Å². The number of carbonyl (C=O) groups is 4. The van der Waals surface area contributed by atoms with E-state index in [2.05, 4.69) is 10.3 Å². The van der Waals surface area contributed by atoms with Gasteiger partial charge in [0.15, 0.2) is 0 Å². The van der Waals surface area contributed by atoms with E-state index in [1.54, 1.807) is 38.1 Å². The van der Waals surface area contributed by atoms with Crippen molar-refractivity contribution < 1.29 is 28.7 Å². The number of hydrogen-bond donors (Lipinski definition) is 2. The molecule has 1 fully saturated rings. The molecule has 1 aliphatic heterocycles. The molecule has 10 heteroatoms. The number of imide groups is 1. The number of thioether (sulfide) groups is 1. The van der Waals surface area contributed by atoms with Crippen molar-refractivity contribution in [2.45, 2.75) is 20.4 Å². The Morgan fingerprint density at radius 2 is 1.87 bits per heavy atom. The summed E-state index contributed by atoms with van der Waals surface area (Å²) in [6.07, 6.45) is 0. The molecule has 1 aromatic heterocycles. The number of nitrogens with one attached hydrogen (secondary N) is 2. The molecule has 2 aromatic rings. The van der Waals surface area contributed by atoms with Crippen molar-refractivity contribution in [1.29, 1.82) is 0 Å². The van der Waals surface area contributed by atoms with Crippen molar-refractivity contribution in [2.75, 3.05) is 31.4 Å². The first-order valence-electron chi connectivity index (χ1n) is 9.54. The molecule has 2 heterocycles. The minimum atomic E-state index is -0.518. The third-order valence-corrected chi connectivity index (χ3v) is 5.64. The lowest BCUT2D eigenvalue weighted by molar-refractivity contribution is -0.125. The third-order valence-electron chi connectivity index (χ3n) is 4.78. The maximum absolute atomic E-state index is 12.7. The van der Waals surface area contributed by atoms with Crippen molar-refractivity contribution in [3.05, 3.63) is 52.3 Å². The minimum Gasteiger partial charge on any atom is -0.460 e. The first kappa shape index (κ1) is 22.6. The van der Waals surface area contributed by atoms with E-state index in [1.165, 1.54) is 12.0 Å². The summed E-state index contributed by atoms with van der Waals surface area (Å²) < 4.78 is 10.0. The Labute approximate surface area is 183 Å². The number of nitrogens with zero attached hydrogens (tertiary/aromatic N) is 1. The molecule has 0 saturated carbocycles. The molecular formula is C21H23N3O6S. The quantitative estimate of drug-likeness (QED) is 0.474. The van der Waals surface area contributed by atoms with E-state index in [0.717, 1.165) is 17.3 Å². The second kappa shape index (κ2) is 9.80. The summed E-state index contributed by atoms with van der Waals surface area (Å²) in [6, 6.07) is 6.86. The fourth-order valence-electron chi connectivity index (χ4n) is 3.18. The van der Waals surface area contributed by atoms with E-state index in [1.807, 2.05) is 0 Å². The van der Waals surface area contributed by atoms with Gasteiger partial charge in [-0.05, 0) is 37.1 Å². The highest BCUT2D eigenvalue weighted by Gasteiger charge is 2.29. The standard InChI is InChI=1S/C21H23N3O6S/c1-12-17(20(27)30-9-8-29-3)13(2)22-18(12)19(26)23-15-6-4-14(5-7-15)10-24-16(25)11-31-21(24)28/h4-7,22H,8-11H2,1-3H3,(H,23,26). The summed E-state index contributed by atoms with van der Waals surface area (Å²) in [5.41, 5.74) is 2.95. The third kappa shape index (κ3) is 5.15. The summed E-state index contributed by atoms with van der Waals surface area (Å²) in [6.45, 7) is 3.99. The highest BCUT2D eigenvalue weighted by Crippen LogP contribution is 2.23. The number of benzene rings is 1.